The summed E-state index contributed by atoms with van der Waals surface area (Å²) in [6, 6.07) is 13.1. The monoisotopic (exact) mass is 395 g/mol. The van der Waals surface area contributed by atoms with E-state index in [4.69, 9.17) is 14.6 Å². The third kappa shape index (κ3) is 6.01. The molecule has 8 heteroatoms. The van der Waals surface area contributed by atoms with E-state index < -0.39 is 11.9 Å². The number of hydrogen-bond acceptors (Lipinski definition) is 6. The summed E-state index contributed by atoms with van der Waals surface area (Å²) in [7, 11) is 3.13. The molecule has 1 amide bonds. The number of anilines is 1. The van der Waals surface area contributed by atoms with Crippen LogP contribution < -0.4 is 20.1 Å². The molecule has 0 atom stereocenters. The number of nitriles is 1. The van der Waals surface area contributed by atoms with Gasteiger partial charge in [-0.2, -0.15) is 5.26 Å². The highest BCUT2D eigenvalue weighted by atomic mass is 16.5. The third-order valence-electron chi connectivity index (χ3n) is 4.01. The van der Waals surface area contributed by atoms with Gasteiger partial charge >= 0.3 is 5.97 Å². The summed E-state index contributed by atoms with van der Waals surface area (Å²) in [6.07, 6.45) is 2.00. The van der Waals surface area contributed by atoms with Gasteiger partial charge in [0.15, 0.2) is 11.5 Å². The van der Waals surface area contributed by atoms with Gasteiger partial charge in [-0.3, -0.25) is 4.79 Å². The van der Waals surface area contributed by atoms with Crippen LogP contribution in [0.2, 0.25) is 0 Å². The van der Waals surface area contributed by atoms with Crippen molar-refractivity contribution in [3.05, 3.63) is 65.4 Å². The van der Waals surface area contributed by atoms with Gasteiger partial charge in [-0.25, -0.2) is 4.79 Å². The maximum atomic E-state index is 12.2. The van der Waals surface area contributed by atoms with Crippen molar-refractivity contribution >= 4 is 17.6 Å². The van der Waals surface area contributed by atoms with Crippen molar-refractivity contribution in [1.82, 2.24) is 5.32 Å². The molecule has 150 valence electrons. The molecular weight excluding hydrogens is 374 g/mol. The van der Waals surface area contributed by atoms with Crippen molar-refractivity contribution in [2.24, 2.45) is 0 Å². The number of nitrogens with one attached hydrogen (secondary N) is 2. The minimum atomic E-state index is -1.06. The van der Waals surface area contributed by atoms with Crippen LogP contribution in [0.3, 0.4) is 0 Å². The molecule has 2 aromatic rings. The van der Waals surface area contributed by atoms with E-state index in [2.05, 4.69) is 10.6 Å². The van der Waals surface area contributed by atoms with Gasteiger partial charge in [-0.15, -0.1) is 0 Å². The lowest BCUT2D eigenvalue weighted by Gasteiger charge is -2.09. The summed E-state index contributed by atoms with van der Waals surface area (Å²) in [5.41, 5.74) is 1.41. The molecule has 0 heterocycles. The second kappa shape index (κ2) is 10.4. The Morgan fingerprint density at radius 3 is 2.38 bits per heavy atom. The Labute approximate surface area is 168 Å². The van der Waals surface area contributed by atoms with Gasteiger partial charge < -0.3 is 25.2 Å². The Kier molecular flexibility index (Phi) is 7.62. The number of amides is 1. The zero-order chi connectivity index (χ0) is 21.2. The highest BCUT2D eigenvalue weighted by molar-refractivity contribution is 6.06. The second-order valence-corrected chi connectivity index (χ2v) is 5.90. The standard InChI is InChI=1S/C21H21N3O5/c1-28-18-8-3-14(11-19(18)29-2)9-10-23-13-16(12-22)20(25)24-17-6-4-15(5-7-17)21(26)27/h3-8,11,13,23H,9-10H2,1-2H3,(H,24,25)(H,26,27)/b16-13-. The van der Waals surface area contributed by atoms with Crippen LogP contribution in [-0.2, 0) is 11.2 Å². The van der Waals surface area contributed by atoms with Crippen molar-refractivity contribution in [3.8, 4) is 17.6 Å². The number of nitrogens with zero attached hydrogens (tertiary/aromatic N) is 1. The number of carbonyl (C=O) groups is 2. The molecule has 8 nitrogen and oxygen atoms in total. The lowest BCUT2D eigenvalue weighted by molar-refractivity contribution is -0.112. The number of aromatic carboxylic acids is 1. The first kappa shape index (κ1) is 21.3. The molecule has 0 spiro atoms. The fourth-order valence-corrected chi connectivity index (χ4v) is 2.47. The van der Waals surface area contributed by atoms with Crippen molar-refractivity contribution < 1.29 is 24.2 Å². The molecule has 0 saturated carbocycles. The van der Waals surface area contributed by atoms with Crippen LogP contribution in [-0.4, -0.2) is 37.7 Å². The Balaban J connectivity index is 1.91. The summed E-state index contributed by atoms with van der Waals surface area (Å²) in [6.45, 7) is 0.501. The van der Waals surface area contributed by atoms with E-state index in [0.29, 0.717) is 30.2 Å². The first-order chi connectivity index (χ1) is 14.0. The molecule has 0 fully saturated rings. The van der Waals surface area contributed by atoms with Crippen molar-refractivity contribution in [1.29, 1.82) is 5.26 Å². The number of carboxylic acid groups (broad SMARTS) is 1. The third-order valence-corrected chi connectivity index (χ3v) is 4.01. The number of carboxylic acids is 1. The minimum Gasteiger partial charge on any atom is -0.493 e. The smallest absolute Gasteiger partial charge is 0.335 e. The Bertz CT molecular complexity index is 946. The highest BCUT2D eigenvalue weighted by Gasteiger charge is 2.10. The summed E-state index contributed by atoms with van der Waals surface area (Å²) in [5, 5.41) is 23.6. The maximum Gasteiger partial charge on any atom is 0.335 e. The van der Waals surface area contributed by atoms with Gasteiger partial charge in [-0.05, 0) is 48.4 Å². The molecule has 0 aliphatic rings. The molecule has 0 radical (unpaired) electrons. The molecule has 2 rings (SSSR count). The Hall–Kier alpha value is -3.99. The van der Waals surface area contributed by atoms with Crippen LogP contribution in [0.25, 0.3) is 0 Å². The van der Waals surface area contributed by atoms with Crippen molar-refractivity contribution in [2.75, 3.05) is 26.1 Å². The van der Waals surface area contributed by atoms with E-state index in [-0.39, 0.29) is 11.1 Å². The van der Waals surface area contributed by atoms with Gasteiger partial charge in [0, 0.05) is 18.4 Å². The van der Waals surface area contributed by atoms with Crippen molar-refractivity contribution in [2.45, 2.75) is 6.42 Å². The van der Waals surface area contributed by atoms with Gasteiger partial charge in [0.25, 0.3) is 5.91 Å². The van der Waals surface area contributed by atoms with Crippen LogP contribution in [0.4, 0.5) is 5.69 Å². The number of carbonyl (C=O) groups excluding carboxylic acids is 1. The summed E-state index contributed by atoms with van der Waals surface area (Å²) in [5.74, 6) is -0.371. The number of hydrogen-bond donors (Lipinski definition) is 3. The molecule has 0 aliphatic carbocycles. The summed E-state index contributed by atoms with van der Waals surface area (Å²) < 4.78 is 10.5. The van der Waals surface area contributed by atoms with Crippen LogP contribution in [0.1, 0.15) is 15.9 Å². The molecule has 29 heavy (non-hydrogen) atoms. The average molecular weight is 395 g/mol. The summed E-state index contributed by atoms with van der Waals surface area (Å²) >= 11 is 0. The van der Waals surface area contributed by atoms with Crippen LogP contribution >= 0.6 is 0 Å². The first-order valence-electron chi connectivity index (χ1n) is 8.67. The lowest BCUT2D eigenvalue weighted by Crippen LogP contribution is -2.18. The van der Waals surface area contributed by atoms with Crippen molar-refractivity contribution in [3.63, 3.8) is 0 Å². The maximum absolute atomic E-state index is 12.2. The Morgan fingerprint density at radius 1 is 1.10 bits per heavy atom. The Morgan fingerprint density at radius 2 is 1.79 bits per heavy atom. The average Bonchev–Trinajstić information content (AvgIpc) is 2.73. The molecule has 3 N–H and O–H groups in total. The van der Waals surface area contributed by atoms with E-state index in [9.17, 15) is 14.9 Å². The quantitative estimate of drug-likeness (QED) is 0.339. The first-order valence-corrected chi connectivity index (χ1v) is 8.67. The van der Waals surface area contributed by atoms with E-state index in [1.54, 1.807) is 14.2 Å². The zero-order valence-electron chi connectivity index (χ0n) is 16.1. The van der Waals surface area contributed by atoms with Crippen LogP contribution in [0.15, 0.2) is 54.2 Å². The predicted octanol–water partition coefficient (Wildman–Crippen LogP) is 2.58. The zero-order valence-corrected chi connectivity index (χ0v) is 16.1. The van der Waals surface area contributed by atoms with E-state index >= 15 is 0 Å². The van der Waals surface area contributed by atoms with E-state index in [0.717, 1.165) is 5.56 Å². The van der Waals surface area contributed by atoms with E-state index in [1.807, 2.05) is 24.3 Å². The van der Waals surface area contributed by atoms with E-state index in [1.165, 1.54) is 30.5 Å². The molecule has 0 saturated heterocycles. The van der Waals surface area contributed by atoms with Crippen LogP contribution in [0, 0.1) is 11.3 Å². The minimum absolute atomic E-state index is 0.0976. The summed E-state index contributed by atoms with van der Waals surface area (Å²) in [4.78, 5) is 23.0. The molecule has 0 aromatic heterocycles. The number of rotatable bonds is 9. The fraction of sp³-hybridized carbons (Fsp3) is 0.190. The highest BCUT2D eigenvalue weighted by Crippen LogP contribution is 2.27. The number of ether oxygens (including phenoxy) is 2. The SMILES string of the molecule is COc1ccc(CCN/C=C(/C#N)C(=O)Nc2ccc(C(=O)O)cc2)cc1OC. The topological polar surface area (TPSA) is 121 Å². The normalized spacial score (nSPS) is 10.6. The molecule has 0 aliphatic heterocycles. The van der Waals surface area contributed by atoms with Gasteiger partial charge in [0.2, 0.25) is 0 Å². The largest absolute Gasteiger partial charge is 0.493 e. The lowest BCUT2D eigenvalue weighted by atomic mass is 10.1. The van der Waals surface area contributed by atoms with Crippen LogP contribution in [0.5, 0.6) is 11.5 Å². The predicted molar refractivity (Wildman–Crippen MR) is 107 cm³/mol. The second-order valence-electron chi connectivity index (χ2n) is 5.90. The molecule has 0 unspecified atom stereocenters. The van der Waals surface area contributed by atoms with Gasteiger partial charge in [0.1, 0.15) is 11.6 Å². The number of benzene rings is 2. The number of methoxy groups -OCH3 is 2. The molecule has 0 bridgehead atoms. The molecule has 2 aromatic carbocycles. The van der Waals surface area contributed by atoms with Gasteiger partial charge in [-0.1, -0.05) is 6.07 Å². The molecular formula is C21H21N3O5. The van der Waals surface area contributed by atoms with Gasteiger partial charge in [0.05, 0.1) is 19.8 Å². The fourth-order valence-electron chi connectivity index (χ4n) is 2.47.